The fourth-order valence-corrected chi connectivity index (χ4v) is 6.65. The molecule has 47 heavy (non-hydrogen) atoms. The van der Waals surface area contributed by atoms with Gasteiger partial charge >= 0.3 is 0 Å². The summed E-state index contributed by atoms with van der Waals surface area (Å²) in [6.07, 6.45) is 1.80. The molecule has 0 radical (unpaired) electrons. The van der Waals surface area contributed by atoms with Gasteiger partial charge in [0.05, 0.1) is 35.6 Å². The van der Waals surface area contributed by atoms with E-state index in [9.17, 15) is 9.59 Å². The number of anilines is 1. The van der Waals surface area contributed by atoms with Crippen LogP contribution in [0.15, 0.2) is 118 Å². The molecular formula is C37H32ClN3O5S. The number of rotatable bonds is 10. The van der Waals surface area contributed by atoms with Gasteiger partial charge in [0.15, 0.2) is 16.3 Å². The summed E-state index contributed by atoms with van der Waals surface area (Å²) in [7, 11) is 1.57. The molecule has 0 spiro atoms. The van der Waals surface area contributed by atoms with Gasteiger partial charge in [-0.1, -0.05) is 71.5 Å². The standard InChI is InChI=1S/C37H32ClN3O5S/c1-4-45-29-16-14-26(15-17-29)34-33(35(42)40-28-11-6-5-7-12-28)23(2)39-37-41(34)36(43)32(47-37)21-24-13-18-30(31(20-24)44-3)46-22-25-9-8-10-27(38)19-25/h5-21,34H,4,22H2,1-3H3,(H,40,42)/b32-21-/t34-/m1/s1. The van der Waals surface area contributed by atoms with Crippen molar-refractivity contribution in [2.75, 3.05) is 19.0 Å². The summed E-state index contributed by atoms with van der Waals surface area (Å²) < 4.78 is 19.3. The molecule has 10 heteroatoms. The molecule has 1 atom stereocenters. The minimum atomic E-state index is -0.704. The molecule has 0 unspecified atom stereocenters. The zero-order valence-electron chi connectivity index (χ0n) is 26.0. The monoisotopic (exact) mass is 665 g/mol. The SMILES string of the molecule is CCOc1ccc([C@@H]2C(C(=O)Nc3ccccc3)=C(C)N=c3s/c(=C\c4ccc(OCc5cccc(Cl)c5)c(OC)c4)c(=O)n32)cc1. The number of fused-ring (bicyclic) bond motifs is 1. The van der Waals surface area contributed by atoms with Crippen molar-refractivity contribution in [1.29, 1.82) is 0 Å². The molecule has 0 fully saturated rings. The fraction of sp³-hybridized carbons (Fsp3) is 0.162. The number of benzene rings is 4. The molecule has 4 aromatic carbocycles. The van der Waals surface area contributed by atoms with Crippen molar-refractivity contribution in [3.05, 3.63) is 150 Å². The second-order valence-electron chi connectivity index (χ2n) is 10.7. The molecular weight excluding hydrogens is 634 g/mol. The van der Waals surface area contributed by atoms with E-state index in [2.05, 4.69) is 5.32 Å². The van der Waals surface area contributed by atoms with Crippen LogP contribution in [-0.2, 0) is 11.4 Å². The summed E-state index contributed by atoms with van der Waals surface area (Å²) >= 11 is 7.38. The average Bonchev–Trinajstić information content (AvgIpc) is 3.38. The van der Waals surface area contributed by atoms with Crippen molar-refractivity contribution in [3.63, 3.8) is 0 Å². The first-order valence-corrected chi connectivity index (χ1v) is 16.2. The lowest BCUT2D eigenvalue weighted by atomic mass is 9.95. The van der Waals surface area contributed by atoms with Crippen LogP contribution in [0.5, 0.6) is 17.2 Å². The lowest BCUT2D eigenvalue weighted by Crippen LogP contribution is -2.40. The number of nitrogens with zero attached hydrogens (tertiary/aromatic N) is 2. The highest BCUT2D eigenvalue weighted by Crippen LogP contribution is 2.32. The van der Waals surface area contributed by atoms with E-state index in [-0.39, 0.29) is 11.5 Å². The second kappa shape index (κ2) is 14.1. The Hall–Kier alpha value is -5.12. The molecule has 0 saturated carbocycles. The first kappa shape index (κ1) is 31.8. The summed E-state index contributed by atoms with van der Waals surface area (Å²) in [5.41, 5.74) is 3.75. The third kappa shape index (κ3) is 7.01. The van der Waals surface area contributed by atoms with Gasteiger partial charge in [0, 0.05) is 10.7 Å². The summed E-state index contributed by atoms with van der Waals surface area (Å²) in [5, 5.41) is 3.62. The fourth-order valence-electron chi connectivity index (χ4n) is 5.39. The Morgan fingerprint density at radius 1 is 0.979 bits per heavy atom. The van der Waals surface area contributed by atoms with Crippen LogP contribution in [0.4, 0.5) is 5.69 Å². The molecule has 8 nitrogen and oxygen atoms in total. The molecule has 1 aliphatic rings. The quantitative estimate of drug-likeness (QED) is 0.184. The van der Waals surface area contributed by atoms with Crippen LogP contribution in [0.1, 0.15) is 36.6 Å². The first-order valence-electron chi connectivity index (χ1n) is 15.0. The maximum atomic E-state index is 14.1. The number of halogens is 1. The van der Waals surface area contributed by atoms with Gasteiger partial charge in [0.1, 0.15) is 12.4 Å². The van der Waals surface area contributed by atoms with Gasteiger partial charge in [0.25, 0.3) is 11.5 Å². The second-order valence-corrected chi connectivity index (χ2v) is 12.2. The normalized spacial score (nSPS) is 14.3. The Bertz CT molecular complexity index is 2140. The number of hydrogen-bond donors (Lipinski definition) is 1. The highest BCUT2D eigenvalue weighted by Gasteiger charge is 2.32. The molecule has 0 aliphatic carbocycles. The molecule has 5 aromatic rings. The van der Waals surface area contributed by atoms with Crippen LogP contribution >= 0.6 is 22.9 Å². The number of aromatic nitrogens is 1. The smallest absolute Gasteiger partial charge is 0.271 e. The minimum absolute atomic E-state index is 0.259. The Morgan fingerprint density at radius 2 is 1.77 bits per heavy atom. The molecule has 1 N–H and O–H groups in total. The van der Waals surface area contributed by atoms with E-state index in [1.165, 1.54) is 11.3 Å². The Morgan fingerprint density at radius 3 is 2.49 bits per heavy atom. The van der Waals surface area contributed by atoms with Crippen molar-refractivity contribution in [3.8, 4) is 17.2 Å². The molecule has 2 heterocycles. The van der Waals surface area contributed by atoms with Crippen LogP contribution < -0.4 is 34.4 Å². The zero-order valence-corrected chi connectivity index (χ0v) is 27.6. The zero-order chi connectivity index (χ0) is 32.9. The molecule has 0 bridgehead atoms. The molecule has 1 aromatic heterocycles. The lowest BCUT2D eigenvalue weighted by Gasteiger charge is -2.25. The summed E-state index contributed by atoms with van der Waals surface area (Å²) in [6, 6.07) is 28.9. The molecule has 1 aliphatic heterocycles. The predicted octanol–water partition coefficient (Wildman–Crippen LogP) is 6.51. The van der Waals surface area contributed by atoms with Gasteiger partial charge in [-0.15, -0.1) is 0 Å². The molecule has 238 valence electrons. The Balaban J connectivity index is 1.38. The van der Waals surface area contributed by atoms with Crippen LogP contribution in [0.3, 0.4) is 0 Å². The number of methoxy groups -OCH3 is 1. The predicted molar refractivity (Wildman–Crippen MR) is 185 cm³/mol. The number of amides is 1. The van der Waals surface area contributed by atoms with Crippen molar-refractivity contribution >= 4 is 40.6 Å². The molecule has 0 saturated heterocycles. The summed E-state index contributed by atoms with van der Waals surface area (Å²) in [5.74, 6) is 1.46. The van der Waals surface area contributed by atoms with E-state index in [4.69, 9.17) is 30.8 Å². The van der Waals surface area contributed by atoms with Gasteiger partial charge in [-0.05, 0) is 85.1 Å². The first-order chi connectivity index (χ1) is 22.8. The van der Waals surface area contributed by atoms with Crippen molar-refractivity contribution in [1.82, 2.24) is 4.57 Å². The Kier molecular flexibility index (Phi) is 9.56. The van der Waals surface area contributed by atoms with Crippen LogP contribution in [0, 0.1) is 0 Å². The van der Waals surface area contributed by atoms with Gasteiger partial charge in [0.2, 0.25) is 0 Å². The van der Waals surface area contributed by atoms with Crippen LogP contribution in [0.2, 0.25) is 5.02 Å². The number of carbonyl (C=O) groups is 1. The van der Waals surface area contributed by atoms with Crippen molar-refractivity contribution in [2.24, 2.45) is 4.99 Å². The Labute approximate surface area is 280 Å². The number of carbonyl (C=O) groups excluding carboxylic acids is 1. The highest BCUT2D eigenvalue weighted by atomic mass is 35.5. The van der Waals surface area contributed by atoms with E-state index >= 15 is 0 Å². The number of hydrogen-bond acceptors (Lipinski definition) is 7. The van der Waals surface area contributed by atoms with E-state index in [1.807, 2.05) is 104 Å². The van der Waals surface area contributed by atoms with Crippen LogP contribution in [0.25, 0.3) is 6.08 Å². The van der Waals surface area contributed by atoms with E-state index in [1.54, 1.807) is 24.7 Å². The number of thiazole rings is 1. The average molecular weight is 666 g/mol. The number of allylic oxidation sites excluding steroid dienone is 1. The largest absolute Gasteiger partial charge is 0.494 e. The third-order valence-electron chi connectivity index (χ3n) is 7.57. The number of ether oxygens (including phenoxy) is 3. The van der Waals surface area contributed by atoms with Crippen molar-refractivity contribution < 1.29 is 19.0 Å². The van der Waals surface area contributed by atoms with E-state index in [0.29, 0.717) is 61.8 Å². The minimum Gasteiger partial charge on any atom is -0.494 e. The number of para-hydroxylation sites is 1. The maximum absolute atomic E-state index is 14.1. The van der Waals surface area contributed by atoms with Gasteiger partial charge in [-0.2, -0.15) is 0 Å². The van der Waals surface area contributed by atoms with Gasteiger partial charge < -0.3 is 19.5 Å². The summed E-state index contributed by atoms with van der Waals surface area (Å²) in [6.45, 7) is 4.56. The van der Waals surface area contributed by atoms with Crippen molar-refractivity contribution in [2.45, 2.75) is 26.5 Å². The van der Waals surface area contributed by atoms with E-state index < -0.39 is 6.04 Å². The number of nitrogens with one attached hydrogen (secondary N) is 1. The van der Waals surface area contributed by atoms with E-state index in [0.717, 1.165) is 16.7 Å². The third-order valence-corrected chi connectivity index (χ3v) is 8.79. The molecule has 1 amide bonds. The summed E-state index contributed by atoms with van der Waals surface area (Å²) in [4.78, 5) is 33.2. The maximum Gasteiger partial charge on any atom is 0.271 e. The van der Waals surface area contributed by atoms with Gasteiger partial charge in [-0.25, -0.2) is 4.99 Å². The topological polar surface area (TPSA) is 91.2 Å². The highest BCUT2D eigenvalue weighted by molar-refractivity contribution is 7.07. The molecule has 6 rings (SSSR count). The lowest BCUT2D eigenvalue weighted by molar-refractivity contribution is -0.113. The van der Waals surface area contributed by atoms with Crippen LogP contribution in [-0.4, -0.2) is 24.2 Å². The van der Waals surface area contributed by atoms with Gasteiger partial charge in [-0.3, -0.25) is 14.2 Å².